The zero-order valence-electron chi connectivity index (χ0n) is 11.1. The summed E-state index contributed by atoms with van der Waals surface area (Å²) < 4.78 is 6.82. The highest BCUT2D eigenvalue weighted by Crippen LogP contribution is 2.20. The fourth-order valence-corrected chi connectivity index (χ4v) is 2.49. The van der Waals surface area contributed by atoms with Crippen LogP contribution in [0.15, 0.2) is 9.59 Å². The lowest BCUT2D eigenvalue weighted by Gasteiger charge is -2.13. The van der Waals surface area contributed by atoms with E-state index in [-0.39, 0.29) is 24.1 Å². The second kappa shape index (κ2) is 6.06. The highest BCUT2D eigenvalue weighted by Gasteiger charge is 2.16. The lowest BCUT2D eigenvalue weighted by Crippen LogP contribution is -2.33. The average Bonchev–Trinajstić information content (AvgIpc) is 2.86. The van der Waals surface area contributed by atoms with Gasteiger partial charge in [-0.2, -0.15) is 0 Å². The lowest BCUT2D eigenvalue weighted by atomic mass is 10.2. The topological polar surface area (TPSA) is 84.3 Å². The van der Waals surface area contributed by atoms with E-state index in [9.17, 15) is 14.7 Å². The van der Waals surface area contributed by atoms with Gasteiger partial charge in [0.25, 0.3) is 5.56 Å². The number of nitrogens with zero attached hydrogens (tertiary/aromatic N) is 1. The molecule has 0 radical (unpaired) electrons. The Kier molecular flexibility index (Phi) is 4.42. The molecule has 0 atom stereocenters. The fraction of sp³-hybridized carbons (Fsp3) is 0.692. The minimum atomic E-state index is -0.588. The van der Waals surface area contributed by atoms with Gasteiger partial charge >= 0.3 is 5.69 Å². The van der Waals surface area contributed by atoms with Crippen molar-refractivity contribution in [1.82, 2.24) is 9.55 Å². The Balaban J connectivity index is 2.07. The maximum absolute atomic E-state index is 11.6. The molecule has 1 heterocycles. The number of nitrogens with one attached hydrogen (secondary N) is 1. The Bertz CT molecular complexity index is 541. The first-order chi connectivity index (χ1) is 9.13. The Morgan fingerprint density at radius 3 is 2.68 bits per heavy atom. The summed E-state index contributed by atoms with van der Waals surface area (Å²) in [5.41, 5.74) is -0.867. The molecule has 1 fully saturated rings. The van der Waals surface area contributed by atoms with Crippen molar-refractivity contribution in [1.29, 1.82) is 0 Å². The van der Waals surface area contributed by atoms with E-state index in [0.29, 0.717) is 13.0 Å². The van der Waals surface area contributed by atoms with Gasteiger partial charge in [0.1, 0.15) is 0 Å². The third kappa shape index (κ3) is 3.07. The first kappa shape index (κ1) is 13.9. The molecule has 0 aromatic carbocycles. The van der Waals surface area contributed by atoms with Crippen LogP contribution in [0.1, 0.15) is 38.2 Å². The molecule has 0 spiro atoms. The Morgan fingerprint density at radius 1 is 1.37 bits per heavy atom. The summed E-state index contributed by atoms with van der Waals surface area (Å²) in [6, 6.07) is 0. The van der Waals surface area contributed by atoms with Crippen molar-refractivity contribution in [3.8, 4) is 5.88 Å². The third-order valence-corrected chi connectivity index (χ3v) is 3.59. The average molecular weight is 268 g/mol. The van der Waals surface area contributed by atoms with E-state index in [0.717, 1.165) is 17.4 Å². The highest BCUT2D eigenvalue weighted by atomic mass is 16.5. The fourth-order valence-electron chi connectivity index (χ4n) is 2.49. The summed E-state index contributed by atoms with van der Waals surface area (Å²) in [7, 11) is 0. The van der Waals surface area contributed by atoms with Gasteiger partial charge in [-0.3, -0.25) is 14.3 Å². The van der Waals surface area contributed by atoms with Crippen molar-refractivity contribution in [2.24, 2.45) is 0 Å². The van der Waals surface area contributed by atoms with Gasteiger partial charge in [-0.25, -0.2) is 4.79 Å². The zero-order chi connectivity index (χ0) is 13.8. The van der Waals surface area contributed by atoms with Crippen molar-refractivity contribution >= 4 is 0 Å². The first-order valence-electron chi connectivity index (χ1n) is 6.80. The van der Waals surface area contributed by atoms with Gasteiger partial charge < -0.3 is 9.84 Å². The minimum absolute atomic E-state index is 0.237. The van der Waals surface area contributed by atoms with Gasteiger partial charge in [-0.1, -0.05) is 19.8 Å². The van der Waals surface area contributed by atoms with Crippen LogP contribution in [0.25, 0.3) is 0 Å². The molecule has 1 aliphatic carbocycles. The number of hydrogen-bond acceptors (Lipinski definition) is 4. The standard InChI is InChI=1S/C13H20N2O4/c1-2-10-11(16)14-13(18)15(12(10)17)7-8-19-9-5-3-4-6-9/h9,17H,2-8H2,1H3,(H,14,16,18). The number of H-pyrrole nitrogens is 1. The molecular formula is C13H20N2O4. The summed E-state index contributed by atoms with van der Waals surface area (Å²) in [6.45, 7) is 2.38. The van der Waals surface area contributed by atoms with E-state index in [1.807, 2.05) is 0 Å². The molecule has 0 aliphatic heterocycles. The van der Waals surface area contributed by atoms with Crippen LogP contribution in [0, 0.1) is 0 Å². The summed E-state index contributed by atoms with van der Waals surface area (Å²) in [4.78, 5) is 25.3. The van der Waals surface area contributed by atoms with Gasteiger partial charge in [-0.15, -0.1) is 0 Å². The van der Waals surface area contributed by atoms with Crippen molar-refractivity contribution in [3.05, 3.63) is 26.4 Å². The second-order valence-corrected chi connectivity index (χ2v) is 4.84. The molecule has 2 N–H and O–H groups in total. The van der Waals surface area contributed by atoms with E-state index in [1.165, 1.54) is 12.8 Å². The van der Waals surface area contributed by atoms with Crippen molar-refractivity contribution in [2.45, 2.75) is 51.7 Å². The van der Waals surface area contributed by atoms with E-state index < -0.39 is 11.2 Å². The molecule has 1 aromatic heterocycles. The van der Waals surface area contributed by atoms with Crippen LogP contribution in [0.4, 0.5) is 0 Å². The van der Waals surface area contributed by atoms with Crippen molar-refractivity contribution in [2.75, 3.05) is 6.61 Å². The second-order valence-electron chi connectivity index (χ2n) is 4.84. The summed E-state index contributed by atoms with van der Waals surface area (Å²) in [5.74, 6) is -0.244. The van der Waals surface area contributed by atoms with Gasteiger partial charge in [-0.05, 0) is 19.3 Å². The van der Waals surface area contributed by atoms with E-state index in [1.54, 1.807) is 6.92 Å². The molecule has 1 saturated carbocycles. The van der Waals surface area contributed by atoms with Crippen LogP contribution in [-0.2, 0) is 17.7 Å². The van der Waals surface area contributed by atoms with Crippen molar-refractivity contribution < 1.29 is 9.84 Å². The number of aromatic hydroxyl groups is 1. The van der Waals surface area contributed by atoms with Crippen molar-refractivity contribution in [3.63, 3.8) is 0 Å². The molecule has 0 unspecified atom stereocenters. The molecule has 6 heteroatoms. The maximum atomic E-state index is 11.6. The smallest absolute Gasteiger partial charge is 0.331 e. The van der Waals surface area contributed by atoms with Gasteiger partial charge in [0, 0.05) is 0 Å². The van der Waals surface area contributed by atoms with Crippen LogP contribution in [0.2, 0.25) is 0 Å². The zero-order valence-corrected chi connectivity index (χ0v) is 11.1. The first-order valence-corrected chi connectivity index (χ1v) is 6.80. The maximum Gasteiger partial charge on any atom is 0.331 e. The quantitative estimate of drug-likeness (QED) is 0.826. The molecule has 106 valence electrons. The number of aromatic nitrogens is 2. The number of hydrogen-bond donors (Lipinski definition) is 2. The normalized spacial score (nSPS) is 16.1. The SMILES string of the molecule is CCc1c(O)n(CCOC2CCCC2)c(=O)[nH]c1=O. The Morgan fingerprint density at radius 2 is 2.05 bits per heavy atom. The molecule has 6 nitrogen and oxygen atoms in total. The molecule has 1 aromatic rings. The van der Waals surface area contributed by atoms with Crippen LogP contribution >= 0.6 is 0 Å². The van der Waals surface area contributed by atoms with Gasteiger partial charge in [0.15, 0.2) is 0 Å². The van der Waals surface area contributed by atoms with Gasteiger partial charge in [0.2, 0.25) is 5.88 Å². The molecule has 0 amide bonds. The Hall–Kier alpha value is -1.56. The molecule has 19 heavy (non-hydrogen) atoms. The van der Waals surface area contributed by atoms with Gasteiger partial charge in [0.05, 0.1) is 24.8 Å². The number of ether oxygens (including phenoxy) is 1. The van der Waals surface area contributed by atoms with E-state index >= 15 is 0 Å². The summed E-state index contributed by atoms with van der Waals surface area (Å²) in [6.07, 6.45) is 5.15. The van der Waals surface area contributed by atoms with Crippen LogP contribution in [0.5, 0.6) is 5.88 Å². The monoisotopic (exact) mass is 268 g/mol. The number of rotatable bonds is 5. The Labute approximate surface area is 111 Å². The molecule has 2 rings (SSSR count). The highest BCUT2D eigenvalue weighted by molar-refractivity contribution is 5.22. The molecular weight excluding hydrogens is 248 g/mol. The molecule has 0 bridgehead atoms. The van der Waals surface area contributed by atoms with Crippen LogP contribution in [0.3, 0.4) is 0 Å². The predicted octanol–water partition coefficient (Wildman–Crippen LogP) is 0.764. The molecule has 0 saturated heterocycles. The predicted molar refractivity (Wildman–Crippen MR) is 70.6 cm³/mol. The largest absolute Gasteiger partial charge is 0.494 e. The lowest BCUT2D eigenvalue weighted by molar-refractivity contribution is 0.0512. The van der Waals surface area contributed by atoms with E-state index in [2.05, 4.69) is 4.98 Å². The number of aromatic amines is 1. The summed E-state index contributed by atoms with van der Waals surface area (Å²) >= 11 is 0. The minimum Gasteiger partial charge on any atom is -0.494 e. The third-order valence-electron chi connectivity index (χ3n) is 3.59. The van der Waals surface area contributed by atoms with Crippen LogP contribution in [-0.4, -0.2) is 27.4 Å². The van der Waals surface area contributed by atoms with E-state index in [4.69, 9.17) is 4.74 Å². The summed E-state index contributed by atoms with van der Waals surface area (Å²) in [5, 5.41) is 9.93. The molecule has 1 aliphatic rings. The van der Waals surface area contributed by atoms with Crippen LogP contribution < -0.4 is 11.2 Å².